The molecular weight excluding hydrogens is 553 g/mol. The van der Waals surface area contributed by atoms with E-state index < -0.39 is 38.3 Å². The minimum Gasteiger partial charge on any atom is -0.351 e. The fourth-order valence-electron chi connectivity index (χ4n) is 4.05. The van der Waals surface area contributed by atoms with Gasteiger partial charge in [-0.2, -0.15) is 8.61 Å². The lowest BCUT2D eigenvalue weighted by atomic mass is 10.2. The molecule has 202 valence electrons. The summed E-state index contributed by atoms with van der Waals surface area (Å²) in [5.74, 6) is -1.02. The molecule has 1 heterocycles. The number of hydrogen-bond acceptors (Lipinski definition) is 5. The van der Waals surface area contributed by atoms with Crippen molar-refractivity contribution >= 4 is 37.6 Å². The molecule has 0 radical (unpaired) electrons. The summed E-state index contributed by atoms with van der Waals surface area (Å²) in [6.45, 7) is 0.459. The molecule has 0 saturated carbocycles. The van der Waals surface area contributed by atoms with Crippen LogP contribution in [0, 0.1) is 5.82 Å². The number of carbonyl (C=O) groups is 1. The predicted molar refractivity (Wildman–Crippen MR) is 142 cm³/mol. The molecule has 3 aromatic rings. The number of sulfonamides is 2. The van der Waals surface area contributed by atoms with Gasteiger partial charge in [0.05, 0.1) is 16.3 Å². The van der Waals surface area contributed by atoms with Crippen LogP contribution in [-0.2, 0) is 37.9 Å². The van der Waals surface area contributed by atoms with Gasteiger partial charge in [0.25, 0.3) is 0 Å². The Balaban J connectivity index is 1.45. The first kappa shape index (κ1) is 28.2. The normalized spacial score (nSPS) is 14.6. The Labute approximate surface area is 227 Å². The van der Waals surface area contributed by atoms with Crippen molar-refractivity contribution in [1.29, 1.82) is 0 Å². The molecule has 0 unspecified atom stereocenters. The lowest BCUT2D eigenvalue weighted by Crippen LogP contribution is -2.40. The number of carbonyl (C=O) groups excluding carboxylic acids is 1. The van der Waals surface area contributed by atoms with E-state index in [2.05, 4.69) is 5.32 Å². The van der Waals surface area contributed by atoms with E-state index in [0.717, 1.165) is 17.1 Å². The van der Waals surface area contributed by atoms with Crippen LogP contribution < -0.4 is 5.32 Å². The number of halogens is 2. The van der Waals surface area contributed by atoms with Gasteiger partial charge in [0.2, 0.25) is 26.0 Å². The van der Waals surface area contributed by atoms with Gasteiger partial charge in [0.1, 0.15) is 5.82 Å². The van der Waals surface area contributed by atoms with Crippen LogP contribution in [0.5, 0.6) is 0 Å². The molecule has 1 fully saturated rings. The van der Waals surface area contributed by atoms with E-state index in [1.54, 1.807) is 12.1 Å². The lowest BCUT2D eigenvalue weighted by molar-refractivity contribution is -0.121. The van der Waals surface area contributed by atoms with E-state index in [0.29, 0.717) is 29.2 Å². The predicted octanol–water partition coefficient (Wildman–Crippen LogP) is 3.77. The van der Waals surface area contributed by atoms with E-state index in [-0.39, 0.29) is 22.9 Å². The highest BCUT2D eigenvalue weighted by atomic mass is 35.5. The molecule has 38 heavy (non-hydrogen) atoms. The van der Waals surface area contributed by atoms with Crippen molar-refractivity contribution < 1.29 is 26.0 Å². The van der Waals surface area contributed by atoms with Crippen molar-refractivity contribution in [3.8, 4) is 0 Å². The van der Waals surface area contributed by atoms with E-state index in [4.69, 9.17) is 11.6 Å². The summed E-state index contributed by atoms with van der Waals surface area (Å²) < 4.78 is 67.9. The molecule has 0 aliphatic carbocycles. The zero-order chi connectivity index (χ0) is 27.3. The van der Waals surface area contributed by atoms with Crippen molar-refractivity contribution in [2.75, 3.05) is 19.6 Å². The molecule has 0 spiro atoms. The number of rotatable bonds is 10. The average molecular weight is 580 g/mol. The summed E-state index contributed by atoms with van der Waals surface area (Å²) in [4.78, 5) is 13.0. The number of benzene rings is 3. The first-order chi connectivity index (χ1) is 18.1. The minimum absolute atomic E-state index is 0.0355. The second-order valence-corrected chi connectivity index (χ2v) is 13.2. The molecule has 1 aliphatic heterocycles. The van der Waals surface area contributed by atoms with Crippen LogP contribution in [0.25, 0.3) is 0 Å². The summed E-state index contributed by atoms with van der Waals surface area (Å²) in [6, 6.07) is 17.2. The maximum Gasteiger partial charge on any atom is 0.243 e. The van der Waals surface area contributed by atoms with Crippen LogP contribution in [0.15, 0.2) is 82.6 Å². The van der Waals surface area contributed by atoms with Crippen LogP contribution in [-0.4, -0.2) is 51.0 Å². The van der Waals surface area contributed by atoms with Gasteiger partial charge in [-0.1, -0.05) is 35.9 Å². The lowest BCUT2D eigenvalue weighted by Gasteiger charge is -2.22. The minimum atomic E-state index is -4.09. The quantitative estimate of drug-likeness (QED) is 0.394. The molecule has 1 amide bonds. The molecule has 1 aliphatic rings. The summed E-state index contributed by atoms with van der Waals surface area (Å²) in [5.41, 5.74) is 1.16. The first-order valence-electron chi connectivity index (χ1n) is 11.9. The summed E-state index contributed by atoms with van der Waals surface area (Å²) in [7, 11) is -7.63. The van der Waals surface area contributed by atoms with Gasteiger partial charge in [-0.15, -0.1) is 0 Å². The van der Waals surface area contributed by atoms with Crippen molar-refractivity contribution in [2.24, 2.45) is 0 Å². The second kappa shape index (κ2) is 11.9. The van der Waals surface area contributed by atoms with Crippen LogP contribution in [0.4, 0.5) is 4.39 Å². The van der Waals surface area contributed by atoms with Crippen LogP contribution in [0.1, 0.15) is 24.0 Å². The largest absolute Gasteiger partial charge is 0.351 e. The van der Waals surface area contributed by atoms with Gasteiger partial charge in [0.15, 0.2) is 0 Å². The number of nitrogens with one attached hydrogen (secondary N) is 1. The van der Waals surface area contributed by atoms with E-state index >= 15 is 0 Å². The smallest absolute Gasteiger partial charge is 0.243 e. The molecule has 1 N–H and O–H groups in total. The Morgan fingerprint density at radius 1 is 0.842 bits per heavy atom. The van der Waals surface area contributed by atoms with Gasteiger partial charge in [-0.25, -0.2) is 21.2 Å². The average Bonchev–Trinajstić information content (AvgIpc) is 3.45. The van der Waals surface area contributed by atoms with Crippen LogP contribution in [0.2, 0.25) is 5.02 Å². The zero-order valence-electron chi connectivity index (χ0n) is 20.4. The number of nitrogens with zero attached hydrogens (tertiary/aromatic N) is 2. The molecule has 0 atom stereocenters. The molecule has 4 rings (SSSR count). The monoisotopic (exact) mass is 579 g/mol. The van der Waals surface area contributed by atoms with Gasteiger partial charge in [-0.3, -0.25) is 4.79 Å². The van der Waals surface area contributed by atoms with Crippen LogP contribution >= 0.6 is 11.6 Å². The Morgan fingerprint density at radius 3 is 2.00 bits per heavy atom. The molecule has 12 heteroatoms. The van der Waals surface area contributed by atoms with E-state index in [1.807, 2.05) is 0 Å². The molecule has 0 aromatic heterocycles. The number of amides is 1. The van der Waals surface area contributed by atoms with Gasteiger partial charge in [-0.05, 0) is 72.5 Å². The van der Waals surface area contributed by atoms with Crippen molar-refractivity contribution in [1.82, 2.24) is 13.9 Å². The molecular formula is C26H27ClFN3O5S2. The fourth-order valence-corrected chi connectivity index (χ4v) is 7.08. The maximum absolute atomic E-state index is 13.4. The third-order valence-corrected chi connectivity index (χ3v) is 10.1. The summed E-state index contributed by atoms with van der Waals surface area (Å²) in [5, 5.41) is 3.05. The third kappa shape index (κ3) is 6.78. The van der Waals surface area contributed by atoms with Gasteiger partial charge in [0, 0.05) is 31.2 Å². The fraction of sp³-hybridized carbons (Fsp3) is 0.269. The second-order valence-electron chi connectivity index (χ2n) is 8.89. The Bertz CT molecular complexity index is 1480. The molecule has 1 saturated heterocycles. The summed E-state index contributed by atoms with van der Waals surface area (Å²) in [6.07, 6.45) is 1.69. The topological polar surface area (TPSA) is 104 Å². The molecule has 8 nitrogen and oxygen atoms in total. The highest BCUT2D eigenvalue weighted by Crippen LogP contribution is 2.22. The van der Waals surface area contributed by atoms with Gasteiger partial charge >= 0.3 is 0 Å². The Kier molecular flexibility index (Phi) is 8.84. The number of hydrogen-bond donors (Lipinski definition) is 1. The van der Waals surface area contributed by atoms with Gasteiger partial charge < -0.3 is 5.32 Å². The maximum atomic E-state index is 13.4. The van der Waals surface area contributed by atoms with Crippen molar-refractivity contribution in [3.05, 3.63) is 94.8 Å². The van der Waals surface area contributed by atoms with E-state index in [1.165, 1.54) is 65.0 Å². The Hall–Kier alpha value is -2.83. The molecule has 3 aromatic carbocycles. The first-order valence-corrected chi connectivity index (χ1v) is 15.2. The van der Waals surface area contributed by atoms with Crippen molar-refractivity contribution in [3.63, 3.8) is 0 Å². The standard InChI is InChI=1S/C26H27ClFN3O5S2/c27-22-7-13-25(14-8-22)38(35,36)31(18-21-3-9-23(28)10-4-21)19-26(32)29-17-20-5-11-24(12-6-20)37(33,34)30-15-1-2-16-30/h3-14H,1-2,15-19H2,(H,29,32). The Morgan fingerprint density at radius 2 is 1.39 bits per heavy atom. The summed E-state index contributed by atoms with van der Waals surface area (Å²) >= 11 is 5.89. The highest BCUT2D eigenvalue weighted by molar-refractivity contribution is 7.89. The third-order valence-electron chi connectivity index (χ3n) is 6.16. The van der Waals surface area contributed by atoms with E-state index in [9.17, 15) is 26.0 Å². The highest BCUT2D eigenvalue weighted by Gasteiger charge is 2.28. The SMILES string of the molecule is O=C(CN(Cc1ccc(F)cc1)S(=O)(=O)c1ccc(Cl)cc1)NCc1ccc(S(=O)(=O)N2CCCC2)cc1. The van der Waals surface area contributed by atoms with Crippen molar-refractivity contribution in [2.45, 2.75) is 35.7 Å². The zero-order valence-corrected chi connectivity index (χ0v) is 22.8. The van der Waals surface area contributed by atoms with Crippen LogP contribution in [0.3, 0.4) is 0 Å². The molecule has 0 bridgehead atoms.